The summed E-state index contributed by atoms with van der Waals surface area (Å²) in [5.74, 6) is 1.10. The SMILES string of the molecule is COCCOCCOCCOCC1(c2nccc(COc3ccc4cc3C[C@H](C(=O)OC(C)(C)C)Oc3ncnc5sc(-c6ccc(F)cc6)c(c35)-c3c(C)c(Cl)c(c(Cl)c3C)O[C@H](CN3CCN(C)CC3)CO4)n2)CC1. The van der Waals surface area contributed by atoms with Crippen molar-refractivity contribution in [3.05, 3.63) is 105 Å². The van der Waals surface area contributed by atoms with Gasteiger partial charge in [0.15, 0.2) is 5.75 Å². The molecule has 1 saturated carbocycles. The van der Waals surface area contributed by atoms with Gasteiger partial charge >= 0.3 is 5.97 Å². The third-order valence-electron chi connectivity index (χ3n) is 13.7. The van der Waals surface area contributed by atoms with Gasteiger partial charge in [0.2, 0.25) is 12.0 Å². The van der Waals surface area contributed by atoms with Gasteiger partial charge in [-0.25, -0.2) is 29.1 Å². The average molecular weight is 1120 g/mol. The van der Waals surface area contributed by atoms with Crippen LogP contribution in [0.2, 0.25) is 10.0 Å². The number of piperazine rings is 1. The van der Waals surface area contributed by atoms with Crippen molar-refractivity contribution in [3.8, 4) is 44.7 Å². The van der Waals surface area contributed by atoms with Crippen LogP contribution in [0.4, 0.5) is 4.39 Å². The Labute approximate surface area is 463 Å². The standard InChI is InChI=1S/C57H67Cl2FN6O10S/c1-35-45-36(2)49(59)50(48(35)58)74-42(30-66-20-18-65(6)19-21-66)32-72-41-12-13-43(73-31-40-14-17-61-55(64-40)57(15-16-57)33-71-27-26-70-25-24-69-23-22-68-7)38(28-41)29-44(54(67)76-56(3,4)5)75-52-47-46(45)51(77-53(47)63-34-62-52)37-8-10-39(60)11-9-37/h8-14,17,28,34,42,44H,15-16,18-27,29-33H2,1-7H3/t42-,44-/m1/s1. The van der Waals surface area contributed by atoms with E-state index in [0.717, 1.165) is 43.9 Å². The molecule has 2 atom stereocenters. The van der Waals surface area contributed by atoms with Gasteiger partial charge in [-0.15, -0.1) is 11.3 Å². The largest absolute Gasteiger partial charge is 0.490 e. The molecule has 412 valence electrons. The van der Waals surface area contributed by atoms with E-state index in [0.29, 0.717) is 135 Å². The van der Waals surface area contributed by atoms with E-state index < -0.39 is 23.8 Å². The zero-order valence-corrected chi connectivity index (χ0v) is 47.1. The molecule has 0 N–H and O–H groups in total. The van der Waals surface area contributed by atoms with Crippen LogP contribution < -0.4 is 18.9 Å². The van der Waals surface area contributed by atoms with Gasteiger partial charge in [-0.1, -0.05) is 35.3 Å². The van der Waals surface area contributed by atoms with Crippen LogP contribution in [0.1, 0.15) is 61.8 Å². The molecule has 4 bridgehead atoms. The van der Waals surface area contributed by atoms with Crippen LogP contribution >= 0.6 is 34.5 Å². The summed E-state index contributed by atoms with van der Waals surface area (Å²) < 4.78 is 70.0. The first-order chi connectivity index (χ1) is 37.1. The highest BCUT2D eigenvalue weighted by atomic mass is 35.5. The molecule has 6 aromatic rings. The second kappa shape index (κ2) is 25.2. The van der Waals surface area contributed by atoms with Crippen LogP contribution in [0, 0.1) is 19.7 Å². The van der Waals surface area contributed by atoms with Crippen LogP contribution in [-0.2, 0) is 46.9 Å². The lowest BCUT2D eigenvalue weighted by Gasteiger charge is -2.35. The van der Waals surface area contributed by atoms with E-state index in [1.807, 2.05) is 38.1 Å². The molecule has 0 unspecified atom stereocenters. The molecule has 0 radical (unpaired) electrons. The van der Waals surface area contributed by atoms with Crippen molar-refractivity contribution in [1.29, 1.82) is 0 Å². The second-order valence-electron chi connectivity index (χ2n) is 20.7. The molecule has 6 heterocycles. The highest BCUT2D eigenvalue weighted by molar-refractivity contribution is 7.22. The first-order valence-corrected chi connectivity index (χ1v) is 27.6. The van der Waals surface area contributed by atoms with Gasteiger partial charge in [-0.2, -0.15) is 0 Å². The Balaban J connectivity index is 1.07. The molecule has 0 amide bonds. The first-order valence-electron chi connectivity index (χ1n) is 26.0. The van der Waals surface area contributed by atoms with Gasteiger partial charge in [0.1, 0.15) is 59.2 Å². The van der Waals surface area contributed by atoms with E-state index in [-0.39, 0.29) is 36.7 Å². The number of rotatable bonds is 19. The minimum atomic E-state index is -1.27. The zero-order chi connectivity index (χ0) is 54.3. The summed E-state index contributed by atoms with van der Waals surface area (Å²) in [6, 6.07) is 13.6. The topological polar surface area (TPSA) is 158 Å². The van der Waals surface area contributed by atoms with E-state index in [2.05, 4.69) is 21.8 Å². The summed E-state index contributed by atoms with van der Waals surface area (Å²) in [6.07, 6.45) is 3.11. The third-order valence-corrected chi connectivity index (χ3v) is 15.8. The van der Waals surface area contributed by atoms with Crippen molar-refractivity contribution >= 4 is 50.7 Å². The molecule has 0 spiro atoms. The molecular weight excluding hydrogens is 1050 g/mol. The second-order valence-corrected chi connectivity index (χ2v) is 22.5. The minimum absolute atomic E-state index is 0.0253. The number of aromatic nitrogens is 4. The molecule has 16 nitrogen and oxygen atoms in total. The van der Waals surface area contributed by atoms with E-state index in [4.69, 9.17) is 80.8 Å². The predicted octanol–water partition coefficient (Wildman–Crippen LogP) is 9.90. The maximum atomic E-state index is 14.6. The number of carbonyl (C=O) groups excluding carboxylic acids is 1. The van der Waals surface area contributed by atoms with Crippen LogP contribution in [0.3, 0.4) is 0 Å². The Morgan fingerprint density at radius 2 is 1.57 bits per heavy atom. The molecule has 20 heteroatoms. The summed E-state index contributed by atoms with van der Waals surface area (Å²) >= 11 is 16.2. The number of benzene rings is 3. The van der Waals surface area contributed by atoms with Gasteiger partial charge < -0.3 is 47.5 Å². The molecule has 10 rings (SSSR count). The van der Waals surface area contributed by atoms with Gasteiger partial charge in [-0.05, 0) is 113 Å². The number of hydrogen-bond donors (Lipinski definition) is 0. The summed E-state index contributed by atoms with van der Waals surface area (Å²) in [5, 5.41) is 1.14. The Hall–Kier alpha value is -5.28. The number of esters is 1. The smallest absolute Gasteiger partial charge is 0.348 e. The van der Waals surface area contributed by atoms with E-state index >= 15 is 0 Å². The van der Waals surface area contributed by atoms with Gasteiger partial charge in [0.05, 0.1) is 72.8 Å². The fourth-order valence-electron chi connectivity index (χ4n) is 9.39. The molecule has 1 saturated heterocycles. The average Bonchev–Trinajstić information content (AvgIpc) is 4.25. The molecule has 3 aliphatic heterocycles. The van der Waals surface area contributed by atoms with Gasteiger partial charge in [-0.3, -0.25) is 4.90 Å². The lowest BCUT2D eigenvalue weighted by Crippen LogP contribution is -2.49. The fraction of sp³-hybridized carbons (Fsp3) is 0.491. The maximum absolute atomic E-state index is 14.6. The normalized spacial score (nSPS) is 17.8. The predicted molar refractivity (Wildman–Crippen MR) is 294 cm³/mol. The number of fused-ring (bicyclic) bond motifs is 7. The van der Waals surface area contributed by atoms with Crippen molar-refractivity contribution in [1.82, 2.24) is 29.7 Å². The maximum Gasteiger partial charge on any atom is 0.348 e. The van der Waals surface area contributed by atoms with Gasteiger partial charge in [0, 0.05) is 68.5 Å². The van der Waals surface area contributed by atoms with Crippen molar-refractivity contribution in [2.75, 3.05) is 99.7 Å². The highest BCUT2D eigenvalue weighted by Gasteiger charge is 2.47. The number of carbonyl (C=O) groups is 1. The fourth-order valence-corrected chi connectivity index (χ4v) is 11.1. The molecule has 3 aromatic carbocycles. The van der Waals surface area contributed by atoms with Crippen molar-refractivity contribution in [2.24, 2.45) is 0 Å². The summed E-state index contributed by atoms with van der Waals surface area (Å²) in [6.45, 7) is 16.8. The summed E-state index contributed by atoms with van der Waals surface area (Å²) in [4.78, 5) is 39.7. The Kier molecular flexibility index (Phi) is 18.5. The van der Waals surface area contributed by atoms with Crippen molar-refractivity contribution in [3.63, 3.8) is 0 Å². The monoisotopic (exact) mass is 1120 g/mol. The lowest BCUT2D eigenvalue weighted by atomic mass is 9.92. The number of halogens is 3. The Morgan fingerprint density at radius 3 is 2.26 bits per heavy atom. The molecule has 77 heavy (non-hydrogen) atoms. The van der Waals surface area contributed by atoms with Crippen molar-refractivity contribution in [2.45, 2.75) is 83.7 Å². The summed E-state index contributed by atoms with van der Waals surface area (Å²) in [5.41, 5.74) is 3.50. The van der Waals surface area contributed by atoms with Gasteiger partial charge in [0.25, 0.3) is 0 Å². The Morgan fingerprint density at radius 1 is 0.870 bits per heavy atom. The number of likely N-dealkylation sites (N-methyl/N-ethyl adjacent to an activating group) is 1. The lowest BCUT2D eigenvalue weighted by molar-refractivity contribution is -0.163. The number of thiophene rings is 1. The van der Waals surface area contributed by atoms with E-state index in [1.165, 1.54) is 29.8 Å². The van der Waals surface area contributed by atoms with E-state index in [1.54, 1.807) is 46.2 Å². The van der Waals surface area contributed by atoms with Crippen LogP contribution in [0.25, 0.3) is 31.8 Å². The van der Waals surface area contributed by atoms with Crippen molar-refractivity contribution < 1.29 is 51.8 Å². The zero-order valence-electron chi connectivity index (χ0n) is 44.8. The molecular formula is C57H67Cl2FN6O10S. The highest BCUT2D eigenvalue weighted by Crippen LogP contribution is 2.53. The molecule has 1 aliphatic carbocycles. The Bertz CT molecular complexity index is 2980. The number of ether oxygens (including phenoxy) is 9. The van der Waals surface area contributed by atoms with E-state index in [9.17, 15) is 9.18 Å². The third kappa shape index (κ3) is 14.0. The molecule has 3 aromatic heterocycles. The molecule has 4 aliphatic rings. The quantitative estimate of drug-likeness (QED) is 0.0557. The minimum Gasteiger partial charge on any atom is -0.490 e. The van der Waals surface area contributed by atoms with Crippen LogP contribution in [0.5, 0.6) is 23.1 Å². The number of nitrogens with zero attached hydrogens (tertiary/aromatic N) is 6. The first kappa shape index (κ1) is 56.4. The molecule has 2 fully saturated rings. The van der Waals surface area contributed by atoms with Crippen LogP contribution in [0.15, 0.2) is 61.1 Å². The summed E-state index contributed by atoms with van der Waals surface area (Å²) in [7, 11) is 3.76. The van der Waals surface area contributed by atoms with Crippen LogP contribution in [-0.4, -0.2) is 153 Å². The number of methoxy groups -OCH3 is 1. The number of hydrogen-bond acceptors (Lipinski definition) is 17.